The third-order valence-electron chi connectivity index (χ3n) is 2.21. The monoisotopic (exact) mass is 288 g/mol. The molecule has 2 rings (SSSR count). The molecule has 0 N–H and O–H groups in total. The maximum Gasteiger partial charge on any atom is 0.177 e. The fraction of sp³-hybridized carbons (Fsp3) is 0.0833. The number of benzene rings is 1. The summed E-state index contributed by atoms with van der Waals surface area (Å²) in [5.41, 5.74) is 0.614. The van der Waals surface area contributed by atoms with Crippen molar-refractivity contribution in [2.75, 3.05) is 0 Å². The molecule has 0 aliphatic carbocycles. The molecule has 0 aliphatic rings. The van der Waals surface area contributed by atoms with Crippen LogP contribution in [0.3, 0.4) is 0 Å². The fourth-order valence-electron chi connectivity index (χ4n) is 1.39. The van der Waals surface area contributed by atoms with Crippen molar-refractivity contribution in [3.63, 3.8) is 0 Å². The van der Waals surface area contributed by atoms with Crippen molar-refractivity contribution < 1.29 is 9.18 Å². The van der Waals surface area contributed by atoms with E-state index in [1.54, 1.807) is 12.1 Å². The third-order valence-corrected chi connectivity index (χ3v) is 3.84. The standard InChI is InChI=1S/C12H7Cl2FOS/c13-9-6-8(15)2-1-7(9)5-10(16)11-3-4-12(14)17-11/h1-4,6H,5H2. The molecule has 5 heteroatoms. The molecule has 0 saturated heterocycles. The van der Waals surface area contributed by atoms with Crippen LogP contribution >= 0.6 is 34.5 Å². The minimum Gasteiger partial charge on any atom is -0.293 e. The molecule has 0 saturated carbocycles. The molecule has 1 aromatic heterocycles. The molecule has 88 valence electrons. The zero-order valence-electron chi connectivity index (χ0n) is 8.54. The number of carbonyl (C=O) groups is 1. The molecule has 0 amide bonds. The Morgan fingerprint density at radius 3 is 2.59 bits per heavy atom. The predicted octanol–water partition coefficient (Wildman–Crippen LogP) is 4.62. The molecule has 1 aromatic carbocycles. The zero-order valence-corrected chi connectivity index (χ0v) is 10.9. The molecule has 0 radical (unpaired) electrons. The number of hydrogen-bond donors (Lipinski definition) is 0. The molecule has 0 fully saturated rings. The van der Waals surface area contributed by atoms with Gasteiger partial charge in [-0.2, -0.15) is 0 Å². The Bertz CT molecular complexity index is 565. The van der Waals surface area contributed by atoms with Gasteiger partial charge in [-0.05, 0) is 29.8 Å². The second-order valence-electron chi connectivity index (χ2n) is 3.44. The van der Waals surface area contributed by atoms with Gasteiger partial charge in [0.25, 0.3) is 0 Å². The van der Waals surface area contributed by atoms with Gasteiger partial charge in [0.05, 0.1) is 9.21 Å². The van der Waals surface area contributed by atoms with Gasteiger partial charge in [-0.3, -0.25) is 4.79 Å². The van der Waals surface area contributed by atoms with Crippen LogP contribution in [0.4, 0.5) is 4.39 Å². The van der Waals surface area contributed by atoms with Crippen LogP contribution in [0.5, 0.6) is 0 Å². The number of halogens is 3. The Kier molecular flexibility index (Phi) is 3.82. The van der Waals surface area contributed by atoms with Gasteiger partial charge in [0.15, 0.2) is 5.78 Å². The fourth-order valence-corrected chi connectivity index (χ4v) is 2.60. The van der Waals surface area contributed by atoms with Crippen molar-refractivity contribution in [1.29, 1.82) is 0 Å². The average Bonchev–Trinajstić information content (AvgIpc) is 2.69. The summed E-state index contributed by atoms with van der Waals surface area (Å²) in [6.45, 7) is 0. The Morgan fingerprint density at radius 2 is 2.00 bits per heavy atom. The van der Waals surface area contributed by atoms with Crippen molar-refractivity contribution in [1.82, 2.24) is 0 Å². The molecule has 17 heavy (non-hydrogen) atoms. The van der Waals surface area contributed by atoms with Gasteiger partial charge in [-0.1, -0.05) is 29.3 Å². The summed E-state index contributed by atoms with van der Waals surface area (Å²) >= 11 is 12.8. The number of hydrogen-bond acceptors (Lipinski definition) is 2. The van der Waals surface area contributed by atoms with Crippen LogP contribution in [0.25, 0.3) is 0 Å². The van der Waals surface area contributed by atoms with E-state index in [2.05, 4.69) is 0 Å². The van der Waals surface area contributed by atoms with E-state index >= 15 is 0 Å². The van der Waals surface area contributed by atoms with Gasteiger partial charge in [0, 0.05) is 11.4 Å². The molecule has 0 atom stereocenters. The van der Waals surface area contributed by atoms with Crippen LogP contribution in [0.1, 0.15) is 15.2 Å². The second-order valence-corrected chi connectivity index (χ2v) is 5.56. The summed E-state index contributed by atoms with van der Waals surface area (Å²) in [7, 11) is 0. The van der Waals surface area contributed by atoms with E-state index in [1.807, 2.05) is 0 Å². The van der Waals surface area contributed by atoms with Crippen LogP contribution in [0.15, 0.2) is 30.3 Å². The van der Waals surface area contributed by atoms with Gasteiger partial charge in [0.2, 0.25) is 0 Å². The first kappa shape index (κ1) is 12.6. The van der Waals surface area contributed by atoms with E-state index in [4.69, 9.17) is 23.2 Å². The highest BCUT2D eigenvalue weighted by Crippen LogP contribution is 2.24. The van der Waals surface area contributed by atoms with Crippen LogP contribution < -0.4 is 0 Å². The van der Waals surface area contributed by atoms with Crippen LogP contribution in [0, 0.1) is 5.82 Å². The Balaban J connectivity index is 2.18. The van der Waals surface area contributed by atoms with Gasteiger partial charge in [0.1, 0.15) is 5.82 Å². The molecule has 1 heterocycles. The lowest BCUT2D eigenvalue weighted by Gasteiger charge is -2.02. The van der Waals surface area contributed by atoms with Gasteiger partial charge in [-0.25, -0.2) is 4.39 Å². The van der Waals surface area contributed by atoms with Gasteiger partial charge < -0.3 is 0 Å². The van der Waals surface area contributed by atoms with Crippen LogP contribution in [-0.2, 0) is 6.42 Å². The molecular weight excluding hydrogens is 282 g/mol. The SMILES string of the molecule is O=C(Cc1ccc(F)cc1Cl)c1ccc(Cl)s1. The minimum atomic E-state index is -0.412. The summed E-state index contributed by atoms with van der Waals surface area (Å²) in [5, 5.41) is 0.265. The summed E-state index contributed by atoms with van der Waals surface area (Å²) in [4.78, 5) is 12.4. The first-order valence-corrected chi connectivity index (χ1v) is 6.36. The van der Waals surface area contributed by atoms with Crippen molar-refractivity contribution >= 4 is 40.3 Å². The summed E-state index contributed by atoms with van der Waals surface area (Å²) in [6.07, 6.45) is 0.149. The smallest absolute Gasteiger partial charge is 0.177 e. The maximum atomic E-state index is 12.8. The molecule has 0 spiro atoms. The number of thiophene rings is 1. The van der Waals surface area contributed by atoms with E-state index in [9.17, 15) is 9.18 Å². The predicted molar refractivity (Wildman–Crippen MR) is 68.8 cm³/mol. The number of Topliss-reactive ketones (excluding diaryl/α,β-unsaturated/α-hetero) is 1. The minimum absolute atomic E-state index is 0.0737. The topological polar surface area (TPSA) is 17.1 Å². The van der Waals surface area contributed by atoms with E-state index in [0.29, 0.717) is 14.8 Å². The first-order chi connectivity index (χ1) is 8.06. The second kappa shape index (κ2) is 5.17. The Hall–Kier alpha value is -0.900. The van der Waals surface area contributed by atoms with Crippen molar-refractivity contribution in [3.05, 3.63) is 55.9 Å². The highest BCUT2D eigenvalue weighted by Gasteiger charge is 2.12. The number of ketones is 1. The third kappa shape index (κ3) is 3.06. The lowest BCUT2D eigenvalue weighted by Crippen LogP contribution is -2.01. The van der Waals surface area contributed by atoms with Crippen LogP contribution in [0.2, 0.25) is 9.36 Å². The molecule has 0 bridgehead atoms. The highest BCUT2D eigenvalue weighted by molar-refractivity contribution is 7.18. The molecule has 2 aromatic rings. The van der Waals surface area contributed by atoms with E-state index in [-0.39, 0.29) is 17.2 Å². The van der Waals surface area contributed by atoms with Crippen molar-refractivity contribution in [2.24, 2.45) is 0 Å². The maximum absolute atomic E-state index is 12.8. The molecule has 1 nitrogen and oxygen atoms in total. The Labute approximate surface area is 112 Å². The first-order valence-electron chi connectivity index (χ1n) is 4.79. The summed E-state index contributed by atoms with van der Waals surface area (Å²) in [6, 6.07) is 7.35. The van der Waals surface area contributed by atoms with Gasteiger partial charge >= 0.3 is 0 Å². The van der Waals surface area contributed by atoms with E-state index in [0.717, 1.165) is 0 Å². The largest absolute Gasteiger partial charge is 0.293 e. The van der Waals surface area contributed by atoms with Crippen molar-refractivity contribution in [2.45, 2.75) is 6.42 Å². The lowest BCUT2D eigenvalue weighted by molar-refractivity contribution is 0.0997. The molecule has 0 unspecified atom stereocenters. The highest BCUT2D eigenvalue weighted by atomic mass is 35.5. The van der Waals surface area contributed by atoms with Gasteiger partial charge in [-0.15, -0.1) is 11.3 Å². The Morgan fingerprint density at radius 1 is 1.24 bits per heavy atom. The van der Waals surface area contributed by atoms with Crippen molar-refractivity contribution in [3.8, 4) is 0 Å². The average molecular weight is 289 g/mol. The van der Waals surface area contributed by atoms with E-state index in [1.165, 1.54) is 29.5 Å². The molecular formula is C12H7Cl2FOS. The summed E-state index contributed by atoms with van der Waals surface area (Å²) < 4.78 is 13.4. The number of rotatable bonds is 3. The zero-order chi connectivity index (χ0) is 12.4. The molecule has 0 aliphatic heterocycles. The lowest BCUT2D eigenvalue weighted by atomic mass is 10.1. The summed E-state index contributed by atoms with van der Waals surface area (Å²) in [5.74, 6) is -0.485. The quantitative estimate of drug-likeness (QED) is 0.753. The normalized spacial score (nSPS) is 10.5. The number of carbonyl (C=O) groups excluding carboxylic acids is 1. The van der Waals surface area contributed by atoms with E-state index < -0.39 is 5.82 Å². The van der Waals surface area contributed by atoms with Crippen LogP contribution in [-0.4, -0.2) is 5.78 Å².